The fourth-order valence-electron chi connectivity index (χ4n) is 3.20. The fourth-order valence-corrected chi connectivity index (χ4v) is 6.46. The number of thioether (sulfide) groups is 1. The molecule has 136 valence electrons. The van der Waals surface area contributed by atoms with Gasteiger partial charge in [-0.1, -0.05) is 23.7 Å². The number of nitrogens with zero attached hydrogens (tertiary/aromatic N) is 2. The predicted molar refractivity (Wildman–Crippen MR) is 114 cm³/mol. The van der Waals surface area contributed by atoms with Crippen molar-refractivity contribution in [1.29, 1.82) is 0 Å². The third-order valence-corrected chi connectivity index (χ3v) is 8.19. The average molecular weight is 423 g/mol. The second-order valence-corrected chi connectivity index (χ2v) is 10.2. The Morgan fingerprint density at radius 2 is 2.00 bits per heavy atom. The Bertz CT molecular complexity index is 866. The van der Waals surface area contributed by atoms with E-state index < -0.39 is 0 Å². The number of piperidine rings is 1. The quantitative estimate of drug-likeness (QED) is 0.532. The van der Waals surface area contributed by atoms with Gasteiger partial charge in [0.1, 0.15) is 0 Å². The number of thiazole rings is 1. The number of para-hydroxylation sites is 1. The van der Waals surface area contributed by atoms with E-state index >= 15 is 0 Å². The maximum atomic E-state index is 12.4. The van der Waals surface area contributed by atoms with Gasteiger partial charge in [0, 0.05) is 29.6 Å². The summed E-state index contributed by atoms with van der Waals surface area (Å²) in [6, 6.07) is 12.3. The third-order valence-electron chi connectivity index (χ3n) is 4.61. The molecule has 1 fully saturated rings. The maximum absolute atomic E-state index is 12.4. The zero-order valence-corrected chi connectivity index (χ0v) is 17.4. The van der Waals surface area contributed by atoms with Crippen LogP contribution < -0.4 is 0 Å². The highest BCUT2D eigenvalue weighted by Crippen LogP contribution is 2.34. The number of hydrogen-bond donors (Lipinski definition) is 0. The molecule has 0 bridgehead atoms. The Hall–Kier alpha value is -1.08. The van der Waals surface area contributed by atoms with Crippen LogP contribution in [0.15, 0.2) is 36.4 Å². The lowest BCUT2D eigenvalue weighted by Crippen LogP contribution is -2.38. The van der Waals surface area contributed by atoms with Gasteiger partial charge in [-0.3, -0.25) is 4.79 Å². The zero-order chi connectivity index (χ0) is 17.9. The lowest BCUT2D eigenvalue weighted by atomic mass is 9.97. The topological polar surface area (TPSA) is 33.2 Å². The van der Waals surface area contributed by atoms with Gasteiger partial charge in [0.2, 0.25) is 5.91 Å². The molecule has 0 saturated carbocycles. The van der Waals surface area contributed by atoms with Crippen LogP contribution in [-0.4, -0.2) is 34.6 Å². The molecule has 0 unspecified atom stereocenters. The van der Waals surface area contributed by atoms with Gasteiger partial charge < -0.3 is 4.90 Å². The normalized spacial score (nSPS) is 15.7. The molecule has 1 aliphatic heterocycles. The van der Waals surface area contributed by atoms with E-state index in [2.05, 4.69) is 18.2 Å². The number of fused-ring (bicyclic) bond motifs is 1. The Morgan fingerprint density at radius 1 is 1.19 bits per heavy atom. The number of amides is 1. The van der Waals surface area contributed by atoms with Crippen molar-refractivity contribution < 1.29 is 4.79 Å². The van der Waals surface area contributed by atoms with Crippen LogP contribution in [0.4, 0.5) is 0 Å². The van der Waals surface area contributed by atoms with Crippen LogP contribution in [0.1, 0.15) is 28.6 Å². The van der Waals surface area contributed by atoms with Crippen LogP contribution in [0.5, 0.6) is 0 Å². The summed E-state index contributed by atoms with van der Waals surface area (Å²) >= 11 is 11.0. The second-order valence-electron chi connectivity index (χ2n) is 6.37. The van der Waals surface area contributed by atoms with Crippen LogP contribution >= 0.6 is 46.0 Å². The number of hydrogen-bond acceptors (Lipinski definition) is 5. The molecule has 0 atom stereocenters. The largest absolute Gasteiger partial charge is 0.342 e. The van der Waals surface area contributed by atoms with Gasteiger partial charge in [-0.2, -0.15) is 0 Å². The van der Waals surface area contributed by atoms with Crippen molar-refractivity contribution in [3.05, 3.63) is 50.6 Å². The minimum Gasteiger partial charge on any atom is -0.342 e. The molecule has 2 aromatic heterocycles. The molecule has 1 aliphatic rings. The minimum atomic E-state index is 0.250. The van der Waals surface area contributed by atoms with E-state index in [1.54, 1.807) is 34.4 Å². The molecule has 3 nitrogen and oxygen atoms in total. The number of aromatic nitrogens is 1. The molecule has 26 heavy (non-hydrogen) atoms. The van der Waals surface area contributed by atoms with E-state index in [0.29, 0.717) is 11.7 Å². The molecule has 1 amide bonds. The predicted octanol–water partition coefficient (Wildman–Crippen LogP) is 5.65. The lowest BCUT2D eigenvalue weighted by molar-refractivity contribution is -0.129. The second kappa shape index (κ2) is 8.30. The van der Waals surface area contributed by atoms with Crippen molar-refractivity contribution >= 4 is 62.2 Å². The van der Waals surface area contributed by atoms with E-state index in [-0.39, 0.29) is 5.91 Å². The van der Waals surface area contributed by atoms with Crippen LogP contribution in [0.25, 0.3) is 10.2 Å². The number of carbonyl (C=O) groups excluding carboxylic acids is 1. The molecule has 0 radical (unpaired) electrons. The van der Waals surface area contributed by atoms with Crippen molar-refractivity contribution in [3.8, 4) is 0 Å². The smallest absolute Gasteiger partial charge is 0.232 e. The van der Waals surface area contributed by atoms with Crippen LogP contribution in [0.2, 0.25) is 4.34 Å². The van der Waals surface area contributed by atoms with Crippen molar-refractivity contribution in [1.82, 2.24) is 9.88 Å². The van der Waals surface area contributed by atoms with Gasteiger partial charge in [-0.15, -0.1) is 34.4 Å². The molecule has 3 aromatic rings. The van der Waals surface area contributed by atoms with Gasteiger partial charge in [-0.05, 0) is 37.1 Å². The highest BCUT2D eigenvalue weighted by atomic mass is 35.5. The monoisotopic (exact) mass is 422 g/mol. The average Bonchev–Trinajstić information content (AvgIpc) is 3.27. The summed E-state index contributed by atoms with van der Waals surface area (Å²) in [5.41, 5.74) is 1.09. The summed E-state index contributed by atoms with van der Waals surface area (Å²) in [4.78, 5) is 20.5. The van der Waals surface area contributed by atoms with Gasteiger partial charge in [0.15, 0.2) is 0 Å². The van der Waals surface area contributed by atoms with Crippen LogP contribution in [0.3, 0.4) is 0 Å². The molecule has 7 heteroatoms. The Labute approximate surface area is 170 Å². The molecule has 4 rings (SSSR count). The summed E-state index contributed by atoms with van der Waals surface area (Å²) in [5.74, 6) is 2.13. The SMILES string of the molecule is O=C(CSCc1ccc(Cl)s1)N1CCC(c2nc3ccccc3s2)CC1. The molecular weight excluding hydrogens is 404 g/mol. The van der Waals surface area contributed by atoms with Gasteiger partial charge in [0.05, 0.1) is 25.3 Å². The summed E-state index contributed by atoms with van der Waals surface area (Å²) in [6.07, 6.45) is 2.02. The molecule has 0 aliphatic carbocycles. The first-order chi connectivity index (χ1) is 12.7. The number of rotatable bonds is 5. The fraction of sp³-hybridized carbons (Fsp3) is 0.368. The molecule has 1 aromatic carbocycles. The maximum Gasteiger partial charge on any atom is 0.232 e. The molecule has 0 N–H and O–H groups in total. The Kier molecular flexibility index (Phi) is 5.84. The van der Waals surface area contributed by atoms with E-state index in [4.69, 9.17) is 16.6 Å². The van der Waals surface area contributed by atoms with Crippen molar-refractivity contribution in [2.45, 2.75) is 24.5 Å². The summed E-state index contributed by atoms with van der Waals surface area (Å²) in [7, 11) is 0. The summed E-state index contributed by atoms with van der Waals surface area (Å²) in [6.45, 7) is 1.68. The first-order valence-electron chi connectivity index (χ1n) is 8.64. The first kappa shape index (κ1) is 18.3. The molecule has 3 heterocycles. The number of halogens is 1. The summed E-state index contributed by atoms with van der Waals surface area (Å²) < 4.78 is 2.06. The van der Waals surface area contributed by atoms with Gasteiger partial charge in [-0.25, -0.2) is 4.98 Å². The number of benzene rings is 1. The lowest BCUT2D eigenvalue weighted by Gasteiger charge is -2.31. The molecule has 1 saturated heterocycles. The number of carbonyl (C=O) groups is 1. The van der Waals surface area contributed by atoms with Gasteiger partial charge in [0.25, 0.3) is 0 Å². The van der Waals surface area contributed by atoms with E-state index in [1.165, 1.54) is 14.6 Å². The van der Waals surface area contributed by atoms with E-state index in [1.807, 2.05) is 23.1 Å². The van der Waals surface area contributed by atoms with Crippen molar-refractivity contribution in [2.75, 3.05) is 18.8 Å². The minimum absolute atomic E-state index is 0.250. The first-order valence-corrected chi connectivity index (χ1v) is 11.8. The van der Waals surface area contributed by atoms with Crippen LogP contribution in [-0.2, 0) is 10.5 Å². The van der Waals surface area contributed by atoms with E-state index in [0.717, 1.165) is 41.5 Å². The zero-order valence-electron chi connectivity index (χ0n) is 14.2. The van der Waals surface area contributed by atoms with Gasteiger partial charge >= 0.3 is 0 Å². The molecule has 0 spiro atoms. The summed E-state index contributed by atoms with van der Waals surface area (Å²) in [5, 5.41) is 1.22. The number of thiophene rings is 1. The molecular formula is C19H19ClN2OS3. The standard InChI is InChI=1S/C19H19ClN2OS3/c20-17-6-5-14(25-17)11-24-12-18(23)22-9-7-13(8-10-22)19-21-15-3-1-2-4-16(15)26-19/h1-6,13H,7-12H2. The van der Waals surface area contributed by atoms with Crippen molar-refractivity contribution in [2.24, 2.45) is 0 Å². The third kappa shape index (κ3) is 4.25. The van der Waals surface area contributed by atoms with E-state index in [9.17, 15) is 4.79 Å². The Balaban J connectivity index is 1.26. The van der Waals surface area contributed by atoms with Crippen LogP contribution in [0, 0.1) is 0 Å². The number of likely N-dealkylation sites (tertiary alicyclic amines) is 1. The highest BCUT2D eigenvalue weighted by molar-refractivity contribution is 7.99. The van der Waals surface area contributed by atoms with Crippen molar-refractivity contribution in [3.63, 3.8) is 0 Å². The highest BCUT2D eigenvalue weighted by Gasteiger charge is 2.25. The Morgan fingerprint density at radius 3 is 2.73 bits per heavy atom.